The number of hydrogen-bond acceptors (Lipinski definition) is 4. The van der Waals surface area contributed by atoms with Crippen molar-refractivity contribution in [1.29, 1.82) is 0 Å². The van der Waals surface area contributed by atoms with Gasteiger partial charge in [0.15, 0.2) is 0 Å². The molecule has 4 aromatic rings. The van der Waals surface area contributed by atoms with Gasteiger partial charge in [-0.25, -0.2) is 4.68 Å². The zero-order valence-electron chi connectivity index (χ0n) is 21.3. The Balaban J connectivity index is 1.35. The summed E-state index contributed by atoms with van der Waals surface area (Å²) in [5.41, 5.74) is 5.93. The van der Waals surface area contributed by atoms with Gasteiger partial charge in [-0.05, 0) is 55.3 Å². The molecule has 5 rings (SSSR count). The van der Waals surface area contributed by atoms with Gasteiger partial charge in [0.1, 0.15) is 11.4 Å². The van der Waals surface area contributed by atoms with Crippen LogP contribution in [-0.4, -0.2) is 46.7 Å². The molecule has 1 N–H and O–H groups in total. The normalized spacial score (nSPS) is 13.4. The van der Waals surface area contributed by atoms with Crippen molar-refractivity contribution in [3.05, 3.63) is 113 Å². The molecule has 188 valence electrons. The predicted octanol–water partition coefficient (Wildman–Crippen LogP) is 4.67. The van der Waals surface area contributed by atoms with E-state index < -0.39 is 0 Å². The van der Waals surface area contributed by atoms with Crippen LogP contribution in [-0.2, 0) is 6.54 Å². The molecule has 0 bridgehead atoms. The molecule has 1 atom stereocenters. The zero-order valence-corrected chi connectivity index (χ0v) is 21.3. The molecule has 0 fully saturated rings. The number of rotatable bonds is 8. The van der Waals surface area contributed by atoms with Crippen molar-refractivity contribution >= 4 is 11.8 Å². The van der Waals surface area contributed by atoms with Crippen molar-refractivity contribution in [2.45, 2.75) is 26.3 Å². The van der Waals surface area contributed by atoms with E-state index in [0.717, 1.165) is 28.1 Å². The van der Waals surface area contributed by atoms with Gasteiger partial charge in [0.2, 0.25) is 0 Å². The number of fused-ring (bicyclic) bond motifs is 1. The van der Waals surface area contributed by atoms with Crippen molar-refractivity contribution in [1.82, 2.24) is 20.0 Å². The van der Waals surface area contributed by atoms with Crippen molar-refractivity contribution in [2.24, 2.45) is 0 Å². The summed E-state index contributed by atoms with van der Waals surface area (Å²) >= 11 is 0. The largest absolute Gasteiger partial charge is 0.494 e. The molecule has 0 radical (unpaired) electrons. The van der Waals surface area contributed by atoms with E-state index in [1.54, 1.807) is 30.0 Å². The molecule has 1 aliphatic rings. The number of ether oxygens (including phenoxy) is 1. The van der Waals surface area contributed by atoms with E-state index >= 15 is 0 Å². The monoisotopic (exact) mass is 494 g/mol. The van der Waals surface area contributed by atoms with Crippen LogP contribution in [0.15, 0.2) is 78.9 Å². The third-order valence-corrected chi connectivity index (χ3v) is 6.80. The van der Waals surface area contributed by atoms with Gasteiger partial charge >= 0.3 is 0 Å². The third-order valence-electron chi connectivity index (χ3n) is 6.80. The fourth-order valence-corrected chi connectivity index (χ4v) is 4.93. The number of aryl methyl sites for hydroxylation is 2. The smallest absolute Gasteiger partial charge is 0.254 e. The van der Waals surface area contributed by atoms with Crippen LogP contribution in [0.2, 0.25) is 0 Å². The lowest BCUT2D eigenvalue weighted by molar-refractivity contribution is 0.0767. The minimum absolute atomic E-state index is 0.0348. The van der Waals surface area contributed by atoms with Crippen LogP contribution >= 0.6 is 0 Å². The first-order chi connectivity index (χ1) is 17.9. The van der Waals surface area contributed by atoms with Gasteiger partial charge in [0.25, 0.3) is 11.8 Å². The molecule has 7 heteroatoms. The molecular formula is C30H30N4O3. The van der Waals surface area contributed by atoms with Crippen molar-refractivity contribution in [3.8, 4) is 11.4 Å². The van der Waals surface area contributed by atoms with Gasteiger partial charge in [-0.3, -0.25) is 9.59 Å². The number of methoxy groups -OCH3 is 1. The molecule has 3 aromatic carbocycles. The average Bonchev–Trinajstić information content (AvgIpc) is 3.43. The molecule has 1 aromatic heterocycles. The highest BCUT2D eigenvalue weighted by molar-refractivity contribution is 5.98. The van der Waals surface area contributed by atoms with Crippen LogP contribution in [0.4, 0.5) is 0 Å². The summed E-state index contributed by atoms with van der Waals surface area (Å²) in [6, 6.07) is 25.0. The van der Waals surface area contributed by atoms with Crippen molar-refractivity contribution in [3.63, 3.8) is 0 Å². The van der Waals surface area contributed by atoms with E-state index in [0.29, 0.717) is 36.6 Å². The Hall–Kier alpha value is -4.39. The van der Waals surface area contributed by atoms with Gasteiger partial charge in [-0.15, -0.1) is 0 Å². The maximum Gasteiger partial charge on any atom is 0.254 e. The third kappa shape index (κ3) is 4.98. The number of amides is 2. The first kappa shape index (κ1) is 24.3. The number of carbonyl (C=O) groups is 2. The number of nitrogens with zero attached hydrogens (tertiary/aromatic N) is 3. The summed E-state index contributed by atoms with van der Waals surface area (Å²) in [6.45, 7) is 5.38. The lowest BCUT2D eigenvalue weighted by Crippen LogP contribution is -2.36. The zero-order chi connectivity index (χ0) is 25.9. The Kier molecular flexibility index (Phi) is 6.77. The van der Waals surface area contributed by atoms with Crippen LogP contribution < -0.4 is 10.1 Å². The molecule has 0 saturated carbocycles. The van der Waals surface area contributed by atoms with Gasteiger partial charge in [-0.2, -0.15) is 5.10 Å². The SMILES string of the molecule is COc1ccc(C(=O)NC[C@@H](CN2Cc3ccccc3C2=O)c2ccccc2)cc1-n1nc(C)cc1C. The molecule has 2 amide bonds. The summed E-state index contributed by atoms with van der Waals surface area (Å²) < 4.78 is 7.32. The molecule has 0 saturated heterocycles. The summed E-state index contributed by atoms with van der Waals surface area (Å²) in [5, 5.41) is 7.65. The highest BCUT2D eigenvalue weighted by atomic mass is 16.5. The molecular weight excluding hydrogens is 464 g/mol. The maximum atomic E-state index is 13.3. The Morgan fingerprint density at radius 1 is 1.03 bits per heavy atom. The topological polar surface area (TPSA) is 76.5 Å². The Bertz CT molecular complexity index is 1440. The molecule has 2 heterocycles. The second kappa shape index (κ2) is 10.3. The van der Waals surface area contributed by atoms with Crippen molar-refractivity contribution in [2.75, 3.05) is 20.2 Å². The van der Waals surface area contributed by atoms with E-state index in [2.05, 4.69) is 10.4 Å². The summed E-state index contributed by atoms with van der Waals surface area (Å²) in [4.78, 5) is 28.1. The van der Waals surface area contributed by atoms with Crippen LogP contribution in [0.3, 0.4) is 0 Å². The first-order valence-corrected chi connectivity index (χ1v) is 12.4. The van der Waals surface area contributed by atoms with Gasteiger partial charge in [-0.1, -0.05) is 48.5 Å². The first-order valence-electron chi connectivity index (χ1n) is 12.4. The minimum atomic E-state index is -0.192. The molecule has 0 unspecified atom stereocenters. The van der Waals surface area contributed by atoms with E-state index in [1.165, 1.54) is 0 Å². The number of aromatic nitrogens is 2. The van der Waals surface area contributed by atoms with Crippen molar-refractivity contribution < 1.29 is 14.3 Å². The number of nitrogens with one attached hydrogen (secondary N) is 1. The van der Waals surface area contributed by atoms with Crippen LogP contribution in [0.25, 0.3) is 5.69 Å². The summed E-state index contributed by atoms with van der Waals surface area (Å²) in [5.74, 6) is 0.420. The molecule has 7 nitrogen and oxygen atoms in total. The quantitative estimate of drug-likeness (QED) is 0.386. The second-order valence-corrected chi connectivity index (χ2v) is 9.39. The van der Waals surface area contributed by atoms with Gasteiger partial charge in [0.05, 0.1) is 12.8 Å². The van der Waals surface area contributed by atoms with Crippen LogP contribution in [0.1, 0.15) is 49.1 Å². The predicted molar refractivity (Wildman–Crippen MR) is 142 cm³/mol. The fourth-order valence-electron chi connectivity index (χ4n) is 4.93. The van der Waals surface area contributed by atoms with E-state index in [-0.39, 0.29) is 17.7 Å². The standard InChI is InChI=1S/C30H30N4O3/c1-20-15-21(2)34(32-20)27-16-23(13-14-28(27)37-3)29(35)31-17-25(22-9-5-4-6-10-22)19-33-18-24-11-7-8-12-26(24)30(33)36/h4-16,25H,17-19H2,1-3H3,(H,31,35)/t25-/m0/s1. The number of hydrogen-bond donors (Lipinski definition) is 1. The molecule has 1 aliphatic heterocycles. The van der Waals surface area contributed by atoms with Crippen LogP contribution in [0, 0.1) is 13.8 Å². The van der Waals surface area contributed by atoms with Gasteiger partial charge in [0, 0.05) is 42.4 Å². The summed E-state index contributed by atoms with van der Waals surface area (Å²) in [6.07, 6.45) is 0. The van der Waals surface area contributed by atoms with E-state index in [1.807, 2.05) is 79.4 Å². The van der Waals surface area contributed by atoms with Crippen LogP contribution in [0.5, 0.6) is 5.75 Å². The fraction of sp³-hybridized carbons (Fsp3) is 0.233. The Morgan fingerprint density at radius 3 is 2.49 bits per heavy atom. The highest BCUT2D eigenvalue weighted by Gasteiger charge is 2.29. The molecule has 0 spiro atoms. The van der Waals surface area contributed by atoms with Gasteiger partial charge < -0.3 is 15.0 Å². The molecule has 0 aliphatic carbocycles. The number of benzene rings is 3. The number of carbonyl (C=O) groups excluding carboxylic acids is 2. The minimum Gasteiger partial charge on any atom is -0.494 e. The average molecular weight is 495 g/mol. The Labute approximate surface area is 216 Å². The lowest BCUT2D eigenvalue weighted by Gasteiger charge is -2.25. The van der Waals surface area contributed by atoms with E-state index in [4.69, 9.17) is 4.74 Å². The molecule has 37 heavy (non-hydrogen) atoms. The maximum absolute atomic E-state index is 13.3. The highest BCUT2D eigenvalue weighted by Crippen LogP contribution is 2.27. The summed E-state index contributed by atoms with van der Waals surface area (Å²) in [7, 11) is 1.60. The Morgan fingerprint density at radius 2 is 1.78 bits per heavy atom. The lowest BCUT2D eigenvalue weighted by atomic mass is 9.98. The van der Waals surface area contributed by atoms with E-state index in [9.17, 15) is 9.59 Å². The second-order valence-electron chi connectivity index (χ2n) is 9.39.